The first-order chi connectivity index (χ1) is 9.83. The molecular formula is C16H21NO2S. The van der Waals surface area contributed by atoms with E-state index in [0.717, 1.165) is 38.4 Å². The van der Waals surface area contributed by atoms with Gasteiger partial charge in [0.1, 0.15) is 0 Å². The van der Waals surface area contributed by atoms with Gasteiger partial charge in [-0.25, -0.2) is 0 Å². The van der Waals surface area contributed by atoms with Crippen LogP contribution < -0.4 is 5.32 Å². The Bertz CT molecular complexity index is 471. The molecule has 0 radical (unpaired) electrons. The standard InChI is InChI=1S/C16H21NO2S/c18-16(9-12-5-7-19-11-12)17-10-15-14-4-2-1-3-13(14)6-8-20-15/h1-4,12,15H,5-11H2,(H,17,18)/t12-,15-/m1/s1. The lowest BCUT2D eigenvalue weighted by Gasteiger charge is -2.25. The van der Waals surface area contributed by atoms with E-state index in [1.807, 2.05) is 11.8 Å². The Hall–Kier alpha value is -1.00. The molecule has 20 heavy (non-hydrogen) atoms. The van der Waals surface area contributed by atoms with Crippen LogP contribution in [0.5, 0.6) is 0 Å². The Labute approximate surface area is 124 Å². The Morgan fingerprint density at radius 1 is 1.40 bits per heavy atom. The van der Waals surface area contributed by atoms with Gasteiger partial charge in [-0.1, -0.05) is 24.3 Å². The van der Waals surface area contributed by atoms with E-state index in [1.54, 1.807) is 0 Å². The molecule has 3 rings (SSSR count). The number of ether oxygens (including phenoxy) is 1. The van der Waals surface area contributed by atoms with Crippen LogP contribution >= 0.6 is 11.8 Å². The summed E-state index contributed by atoms with van der Waals surface area (Å²) in [6.07, 6.45) is 2.78. The van der Waals surface area contributed by atoms with E-state index in [9.17, 15) is 4.79 Å². The van der Waals surface area contributed by atoms with Crippen molar-refractivity contribution in [3.63, 3.8) is 0 Å². The third kappa shape index (κ3) is 3.36. The average Bonchev–Trinajstić information content (AvgIpc) is 2.98. The van der Waals surface area contributed by atoms with Crippen molar-refractivity contribution >= 4 is 17.7 Å². The number of hydrogen-bond donors (Lipinski definition) is 1. The fourth-order valence-corrected chi connectivity index (χ4v) is 4.16. The molecule has 2 aliphatic heterocycles. The zero-order chi connectivity index (χ0) is 13.8. The molecule has 4 heteroatoms. The predicted octanol–water partition coefficient (Wildman–Crippen LogP) is 2.56. The minimum atomic E-state index is 0.171. The molecule has 1 fully saturated rings. The number of benzene rings is 1. The van der Waals surface area contributed by atoms with E-state index < -0.39 is 0 Å². The lowest BCUT2D eigenvalue weighted by Crippen LogP contribution is -2.30. The zero-order valence-electron chi connectivity index (χ0n) is 11.6. The van der Waals surface area contributed by atoms with E-state index in [-0.39, 0.29) is 5.91 Å². The minimum Gasteiger partial charge on any atom is -0.381 e. The van der Waals surface area contributed by atoms with Gasteiger partial charge in [0.05, 0.1) is 0 Å². The molecule has 108 valence electrons. The number of aryl methyl sites for hydroxylation is 1. The Balaban J connectivity index is 1.52. The molecule has 1 aromatic carbocycles. The number of nitrogens with one attached hydrogen (secondary N) is 1. The van der Waals surface area contributed by atoms with Gasteiger partial charge in [0.25, 0.3) is 0 Å². The van der Waals surface area contributed by atoms with Crippen LogP contribution in [0, 0.1) is 5.92 Å². The molecule has 1 N–H and O–H groups in total. The maximum absolute atomic E-state index is 12.0. The van der Waals surface area contributed by atoms with Gasteiger partial charge >= 0.3 is 0 Å². The SMILES string of the molecule is O=C(C[C@H]1CCOC1)NC[C@H]1SCCc2ccccc21. The number of fused-ring (bicyclic) bond motifs is 1. The molecule has 0 bridgehead atoms. The molecule has 0 spiro atoms. The maximum Gasteiger partial charge on any atom is 0.220 e. The molecule has 1 amide bonds. The van der Waals surface area contributed by atoms with Crippen LogP contribution in [-0.4, -0.2) is 31.4 Å². The number of amides is 1. The van der Waals surface area contributed by atoms with Crippen molar-refractivity contribution in [2.45, 2.75) is 24.5 Å². The van der Waals surface area contributed by atoms with Gasteiger partial charge in [0, 0.05) is 31.4 Å². The lowest BCUT2D eigenvalue weighted by molar-refractivity contribution is -0.122. The van der Waals surface area contributed by atoms with Crippen molar-refractivity contribution in [2.75, 3.05) is 25.5 Å². The van der Waals surface area contributed by atoms with Gasteiger partial charge in [-0.05, 0) is 35.6 Å². The minimum absolute atomic E-state index is 0.171. The summed E-state index contributed by atoms with van der Waals surface area (Å²) >= 11 is 1.95. The molecule has 0 aromatic heterocycles. The van der Waals surface area contributed by atoms with Crippen molar-refractivity contribution in [1.29, 1.82) is 0 Å². The summed E-state index contributed by atoms with van der Waals surface area (Å²) in [5, 5.41) is 3.51. The number of hydrogen-bond acceptors (Lipinski definition) is 3. The predicted molar refractivity (Wildman–Crippen MR) is 81.9 cm³/mol. The van der Waals surface area contributed by atoms with Crippen molar-refractivity contribution in [3.8, 4) is 0 Å². The molecular weight excluding hydrogens is 270 g/mol. The van der Waals surface area contributed by atoms with E-state index in [4.69, 9.17) is 4.74 Å². The molecule has 2 heterocycles. The third-order valence-electron chi connectivity index (χ3n) is 4.08. The van der Waals surface area contributed by atoms with Crippen molar-refractivity contribution < 1.29 is 9.53 Å². The largest absolute Gasteiger partial charge is 0.381 e. The maximum atomic E-state index is 12.0. The summed E-state index contributed by atoms with van der Waals surface area (Å²) in [6, 6.07) is 8.60. The van der Waals surface area contributed by atoms with Crippen molar-refractivity contribution in [2.24, 2.45) is 5.92 Å². The molecule has 1 saturated heterocycles. The van der Waals surface area contributed by atoms with Crippen LogP contribution in [0.3, 0.4) is 0 Å². The van der Waals surface area contributed by atoms with E-state index in [1.165, 1.54) is 11.1 Å². The van der Waals surface area contributed by atoms with E-state index >= 15 is 0 Å². The van der Waals surface area contributed by atoms with Crippen molar-refractivity contribution in [1.82, 2.24) is 5.32 Å². The highest BCUT2D eigenvalue weighted by atomic mass is 32.2. The first-order valence-corrected chi connectivity index (χ1v) is 8.41. The van der Waals surface area contributed by atoms with Crippen LogP contribution in [0.4, 0.5) is 0 Å². The number of carbonyl (C=O) groups excluding carboxylic acids is 1. The average molecular weight is 291 g/mol. The van der Waals surface area contributed by atoms with Gasteiger partial charge in [0.2, 0.25) is 5.91 Å². The number of carbonyl (C=O) groups is 1. The summed E-state index contributed by atoms with van der Waals surface area (Å²) < 4.78 is 5.31. The molecule has 0 unspecified atom stereocenters. The second-order valence-corrected chi connectivity index (χ2v) is 6.86. The first kappa shape index (κ1) is 14.0. The summed E-state index contributed by atoms with van der Waals surface area (Å²) in [7, 11) is 0. The van der Waals surface area contributed by atoms with Crippen molar-refractivity contribution in [3.05, 3.63) is 35.4 Å². The highest BCUT2D eigenvalue weighted by Gasteiger charge is 2.22. The zero-order valence-corrected chi connectivity index (χ0v) is 12.5. The smallest absolute Gasteiger partial charge is 0.220 e. The molecule has 2 aliphatic rings. The van der Waals surface area contributed by atoms with Crippen LogP contribution in [0.25, 0.3) is 0 Å². The fraction of sp³-hybridized carbons (Fsp3) is 0.562. The molecule has 0 saturated carbocycles. The van der Waals surface area contributed by atoms with Gasteiger partial charge in [-0.3, -0.25) is 4.79 Å². The Kier molecular flexibility index (Phi) is 4.63. The lowest BCUT2D eigenvalue weighted by atomic mass is 10.0. The molecule has 2 atom stereocenters. The quantitative estimate of drug-likeness (QED) is 0.926. The summed E-state index contributed by atoms with van der Waals surface area (Å²) in [6.45, 7) is 2.30. The fourth-order valence-electron chi connectivity index (χ4n) is 2.93. The second-order valence-electron chi connectivity index (χ2n) is 5.55. The molecule has 3 nitrogen and oxygen atoms in total. The highest BCUT2D eigenvalue weighted by molar-refractivity contribution is 7.99. The van der Waals surface area contributed by atoms with Crippen LogP contribution in [0.2, 0.25) is 0 Å². The Morgan fingerprint density at radius 3 is 3.15 bits per heavy atom. The highest BCUT2D eigenvalue weighted by Crippen LogP contribution is 2.35. The van der Waals surface area contributed by atoms with Gasteiger partial charge in [-0.15, -0.1) is 0 Å². The third-order valence-corrected chi connectivity index (χ3v) is 5.34. The van der Waals surface area contributed by atoms with Crippen LogP contribution in [-0.2, 0) is 16.0 Å². The monoisotopic (exact) mass is 291 g/mol. The van der Waals surface area contributed by atoms with Gasteiger partial charge in [-0.2, -0.15) is 11.8 Å². The van der Waals surface area contributed by atoms with Crippen LogP contribution in [0.1, 0.15) is 29.2 Å². The molecule has 0 aliphatic carbocycles. The van der Waals surface area contributed by atoms with Gasteiger partial charge in [0.15, 0.2) is 0 Å². The second kappa shape index (κ2) is 6.64. The van der Waals surface area contributed by atoms with E-state index in [2.05, 4.69) is 29.6 Å². The Morgan fingerprint density at radius 2 is 2.30 bits per heavy atom. The normalized spacial score (nSPS) is 25.2. The van der Waals surface area contributed by atoms with E-state index in [0.29, 0.717) is 17.6 Å². The summed E-state index contributed by atoms with van der Waals surface area (Å²) in [5.41, 5.74) is 2.84. The number of thioether (sulfide) groups is 1. The first-order valence-electron chi connectivity index (χ1n) is 7.37. The summed E-state index contributed by atoms with van der Waals surface area (Å²) in [4.78, 5) is 12.0. The van der Waals surface area contributed by atoms with Crippen LogP contribution in [0.15, 0.2) is 24.3 Å². The number of rotatable bonds is 4. The topological polar surface area (TPSA) is 38.3 Å². The molecule has 1 aromatic rings. The summed E-state index contributed by atoms with van der Waals surface area (Å²) in [5.74, 6) is 1.74. The van der Waals surface area contributed by atoms with Gasteiger partial charge < -0.3 is 10.1 Å².